The minimum absolute atomic E-state index is 0.0128. The molecule has 6 heteroatoms. The number of rotatable bonds is 7. The monoisotopic (exact) mass is 346 g/mol. The molecule has 0 bridgehead atoms. The van der Waals surface area contributed by atoms with E-state index in [0.717, 1.165) is 6.54 Å². The second-order valence-electron chi connectivity index (χ2n) is 6.09. The molecular formula is C16H24Cl2N2O2. The van der Waals surface area contributed by atoms with Crippen LogP contribution < -0.4 is 10.1 Å². The van der Waals surface area contributed by atoms with E-state index in [1.807, 2.05) is 32.6 Å². The smallest absolute Gasteiger partial charge is 0.234 e. The van der Waals surface area contributed by atoms with Crippen LogP contribution in [0.3, 0.4) is 0 Å². The maximum absolute atomic E-state index is 11.9. The molecule has 0 saturated heterocycles. The quantitative estimate of drug-likeness (QED) is 0.819. The molecule has 0 spiro atoms. The molecule has 0 heterocycles. The lowest BCUT2D eigenvalue weighted by Gasteiger charge is -2.24. The Hall–Kier alpha value is -0.970. The van der Waals surface area contributed by atoms with E-state index in [4.69, 9.17) is 27.9 Å². The molecule has 124 valence electrons. The van der Waals surface area contributed by atoms with Crippen LogP contribution in [-0.4, -0.2) is 42.6 Å². The third-order valence-electron chi connectivity index (χ3n) is 2.89. The third-order valence-corrected chi connectivity index (χ3v) is 3.42. The normalized spacial score (nSPS) is 11.6. The number of nitrogens with zero attached hydrogens (tertiary/aromatic N) is 1. The van der Waals surface area contributed by atoms with Crippen LogP contribution in [0.15, 0.2) is 18.2 Å². The van der Waals surface area contributed by atoms with Gasteiger partial charge in [0.25, 0.3) is 0 Å². The largest absolute Gasteiger partial charge is 0.491 e. The first kappa shape index (κ1) is 19.1. The second-order valence-corrected chi connectivity index (χ2v) is 6.93. The number of likely N-dealkylation sites (N-methyl/N-ethyl adjacent to an activating group) is 1. The summed E-state index contributed by atoms with van der Waals surface area (Å²) in [5, 5.41) is 4.01. The van der Waals surface area contributed by atoms with Gasteiger partial charge >= 0.3 is 0 Å². The predicted octanol–water partition coefficient (Wildman–Crippen LogP) is 3.61. The topological polar surface area (TPSA) is 41.6 Å². The van der Waals surface area contributed by atoms with Crippen LogP contribution in [0.25, 0.3) is 0 Å². The average Bonchev–Trinajstić information content (AvgIpc) is 2.37. The lowest BCUT2D eigenvalue weighted by atomic mass is 10.1. The Labute approximate surface area is 142 Å². The summed E-state index contributed by atoms with van der Waals surface area (Å²) in [5.74, 6) is 0.611. The van der Waals surface area contributed by atoms with E-state index in [0.29, 0.717) is 35.5 Å². The van der Waals surface area contributed by atoms with Gasteiger partial charge in [0.2, 0.25) is 5.91 Å². The van der Waals surface area contributed by atoms with E-state index < -0.39 is 0 Å². The highest BCUT2D eigenvalue weighted by molar-refractivity contribution is 6.35. The molecule has 0 radical (unpaired) electrons. The van der Waals surface area contributed by atoms with Crippen molar-refractivity contribution in [2.45, 2.75) is 33.2 Å². The number of amides is 1. The van der Waals surface area contributed by atoms with Crippen molar-refractivity contribution < 1.29 is 9.53 Å². The fourth-order valence-electron chi connectivity index (χ4n) is 1.89. The van der Waals surface area contributed by atoms with E-state index in [1.165, 1.54) is 0 Å². The molecule has 0 atom stereocenters. The van der Waals surface area contributed by atoms with Gasteiger partial charge in [-0.2, -0.15) is 0 Å². The van der Waals surface area contributed by atoms with E-state index in [9.17, 15) is 4.79 Å². The number of benzene rings is 1. The van der Waals surface area contributed by atoms with Crippen molar-refractivity contribution in [1.29, 1.82) is 0 Å². The molecule has 0 aliphatic carbocycles. The molecule has 0 aromatic heterocycles. The Balaban J connectivity index is 2.42. The number of nitrogens with one attached hydrogen (secondary N) is 1. The molecule has 1 aromatic carbocycles. The summed E-state index contributed by atoms with van der Waals surface area (Å²) >= 11 is 11.9. The predicted molar refractivity (Wildman–Crippen MR) is 92.0 cm³/mol. The molecule has 0 aliphatic heterocycles. The third kappa shape index (κ3) is 7.34. The molecule has 1 rings (SSSR count). The SMILES string of the molecule is CCN(CCOc1ccc(Cl)cc1Cl)CC(=O)NC(C)(C)C. The Bertz CT molecular complexity index is 501. The Morgan fingerprint density at radius 2 is 2.00 bits per heavy atom. The van der Waals surface area contributed by atoms with E-state index in [2.05, 4.69) is 5.32 Å². The number of carbonyl (C=O) groups excluding carboxylic acids is 1. The summed E-state index contributed by atoms with van der Waals surface area (Å²) in [6, 6.07) is 5.12. The molecule has 0 aliphatic rings. The van der Waals surface area contributed by atoms with Crippen LogP contribution in [0.5, 0.6) is 5.75 Å². The van der Waals surface area contributed by atoms with Crippen molar-refractivity contribution >= 4 is 29.1 Å². The van der Waals surface area contributed by atoms with Gasteiger partial charge in [-0.05, 0) is 45.5 Å². The van der Waals surface area contributed by atoms with Crippen molar-refractivity contribution in [2.75, 3.05) is 26.2 Å². The Kier molecular flexibility index (Phi) is 7.46. The molecule has 0 unspecified atom stereocenters. The Morgan fingerprint density at radius 3 is 2.55 bits per heavy atom. The van der Waals surface area contributed by atoms with Crippen LogP contribution in [0.4, 0.5) is 0 Å². The number of ether oxygens (including phenoxy) is 1. The number of hydrogen-bond acceptors (Lipinski definition) is 3. The van der Waals surface area contributed by atoms with Crippen LogP contribution in [0, 0.1) is 0 Å². The molecule has 0 saturated carbocycles. The van der Waals surface area contributed by atoms with E-state index in [1.54, 1.807) is 18.2 Å². The summed E-state index contributed by atoms with van der Waals surface area (Å²) in [7, 11) is 0. The lowest BCUT2D eigenvalue weighted by Crippen LogP contribution is -2.46. The van der Waals surface area contributed by atoms with Crippen LogP contribution in [0.2, 0.25) is 10.0 Å². The second kappa shape index (κ2) is 8.61. The van der Waals surface area contributed by atoms with Crippen molar-refractivity contribution in [1.82, 2.24) is 10.2 Å². The first-order valence-corrected chi connectivity index (χ1v) is 8.08. The Morgan fingerprint density at radius 1 is 1.32 bits per heavy atom. The number of hydrogen-bond donors (Lipinski definition) is 1. The lowest BCUT2D eigenvalue weighted by molar-refractivity contribution is -0.123. The first-order valence-electron chi connectivity index (χ1n) is 7.32. The first-order chi connectivity index (χ1) is 10.2. The maximum atomic E-state index is 11.9. The fraction of sp³-hybridized carbons (Fsp3) is 0.562. The summed E-state index contributed by atoms with van der Waals surface area (Å²) in [6.07, 6.45) is 0. The summed E-state index contributed by atoms with van der Waals surface area (Å²) < 4.78 is 5.64. The van der Waals surface area contributed by atoms with E-state index in [-0.39, 0.29) is 11.4 Å². The summed E-state index contributed by atoms with van der Waals surface area (Å²) in [5.41, 5.74) is -0.218. The highest BCUT2D eigenvalue weighted by Crippen LogP contribution is 2.27. The zero-order valence-electron chi connectivity index (χ0n) is 13.6. The van der Waals surface area contributed by atoms with Gasteiger partial charge in [-0.1, -0.05) is 30.1 Å². The minimum Gasteiger partial charge on any atom is -0.491 e. The fourth-order valence-corrected chi connectivity index (χ4v) is 2.35. The molecule has 4 nitrogen and oxygen atoms in total. The zero-order valence-corrected chi connectivity index (χ0v) is 15.1. The van der Waals surface area contributed by atoms with Crippen LogP contribution in [-0.2, 0) is 4.79 Å². The molecule has 1 N–H and O–H groups in total. The van der Waals surface area contributed by atoms with Gasteiger partial charge in [0.1, 0.15) is 12.4 Å². The van der Waals surface area contributed by atoms with Gasteiger partial charge in [0, 0.05) is 17.1 Å². The molecule has 1 amide bonds. The van der Waals surface area contributed by atoms with Crippen molar-refractivity contribution in [3.05, 3.63) is 28.2 Å². The van der Waals surface area contributed by atoms with E-state index >= 15 is 0 Å². The van der Waals surface area contributed by atoms with Gasteiger partial charge in [0.05, 0.1) is 11.6 Å². The zero-order chi connectivity index (χ0) is 16.8. The van der Waals surface area contributed by atoms with Crippen molar-refractivity contribution in [2.24, 2.45) is 0 Å². The van der Waals surface area contributed by atoms with Gasteiger partial charge in [-0.3, -0.25) is 9.69 Å². The van der Waals surface area contributed by atoms with Crippen molar-refractivity contribution in [3.63, 3.8) is 0 Å². The minimum atomic E-state index is -0.218. The molecular weight excluding hydrogens is 323 g/mol. The van der Waals surface area contributed by atoms with Crippen LogP contribution in [0.1, 0.15) is 27.7 Å². The molecule has 22 heavy (non-hydrogen) atoms. The standard InChI is InChI=1S/C16H24Cl2N2O2/c1-5-20(11-15(21)19-16(2,3)4)8-9-22-14-7-6-12(17)10-13(14)18/h6-7,10H,5,8-9,11H2,1-4H3,(H,19,21). The summed E-state index contributed by atoms with van der Waals surface area (Å²) in [4.78, 5) is 13.9. The maximum Gasteiger partial charge on any atom is 0.234 e. The average molecular weight is 347 g/mol. The summed E-state index contributed by atoms with van der Waals surface area (Å²) in [6.45, 7) is 10.1. The van der Waals surface area contributed by atoms with Gasteiger partial charge in [-0.25, -0.2) is 0 Å². The highest BCUT2D eigenvalue weighted by Gasteiger charge is 2.16. The number of halogens is 2. The van der Waals surface area contributed by atoms with Gasteiger partial charge in [0.15, 0.2) is 0 Å². The molecule has 1 aromatic rings. The molecule has 0 fully saturated rings. The highest BCUT2D eigenvalue weighted by atomic mass is 35.5. The van der Waals surface area contributed by atoms with Crippen LogP contribution >= 0.6 is 23.2 Å². The van der Waals surface area contributed by atoms with Gasteiger partial charge < -0.3 is 10.1 Å². The number of carbonyl (C=O) groups is 1. The van der Waals surface area contributed by atoms with Crippen molar-refractivity contribution in [3.8, 4) is 5.75 Å². The van der Waals surface area contributed by atoms with Gasteiger partial charge in [-0.15, -0.1) is 0 Å².